The van der Waals surface area contributed by atoms with Gasteiger partial charge in [0.1, 0.15) is 35.0 Å². The molecule has 0 spiro atoms. The zero-order chi connectivity index (χ0) is 24.1. The number of nitrogens with two attached hydrogens (primary N) is 1. The molecular weight excluding hydrogens is 440 g/mol. The van der Waals surface area contributed by atoms with E-state index in [9.17, 15) is 9.59 Å². The van der Waals surface area contributed by atoms with Crippen molar-refractivity contribution in [3.8, 4) is 28.5 Å². The lowest BCUT2D eigenvalue weighted by Crippen LogP contribution is -2.16. The predicted octanol–water partition coefficient (Wildman–Crippen LogP) is 3.26. The van der Waals surface area contributed by atoms with Crippen molar-refractivity contribution in [3.05, 3.63) is 66.3 Å². The van der Waals surface area contributed by atoms with Gasteiger partial charge in [-0.1, -0.05) is 35.5 Å². The van der Waals surface area contributed by atoms with Crippen molar-refractivity contribution in [2.75, 3.05) is 19.0 Å². The Labute approximate surface area is 194 Å². The Morgan fingerprint density at radius 1 is 1.15 bits per heavy atom. The van der Waals surface area contributed by atoms with Crippen LogP contribution in [0.2, 0.25) is 0 Å². The molecule has 3 N–H and O–H groups in total. The zero-order valence-corrected chi connectivity index (χ0v) is 18.5. The second-order valence-corrected chi connectivity index (χ2v) is 7.20. The molecule has 0 fully saturated rings. The Morgan fingerprint density at radius 3 is 2.68 bits per heavy atom. The number of rotatable bonds is 8. The molecule has 4 rings (SSSR count). The summed E-state index contributed by atoms with van der Waals surface area (Å²) in [5.41, 5.74) is 8.00. The van der Waals surface area contributed by atoms with E-state index in [0.717, 1.165) is 5.56 Å². The first kappa shape index (κ1) is 22.5. The minimum Gasteiger partial charge on any atom is -0.479 e. The first-order valence-electron chi connectivity index (χ1n) is 10.3. The quantitative estimate of drug-likeness (QED) is 0.405. The van der Waals surface area contributed by atoms with Crippen LogP contribution in [0.15, 0.2) is 59.5 Å². The second kappa shape index (κ2) is 9.86. The number of methoxy groups -OCH3 is 1. The molecule has 0 atom stereocenters. The third-order valence-electron chi connectivity index (χ3n) is 4.93. The number of primary amides is 1. The van der Waals surface area contributed by atoms with Crippen LogP contribution in [0, 0.1) is 6.92 Å². The molecule has 34 heavy (non-hydrogen) atoms. The van der Waals surface area contributed by atoms with Gasteiger partial charge in [0, 0.05) is 11.8 Å². The summed E-state index contributed by atoms with van der Waals surface area (Å²) in [7, 11) is 1.46. The highest BCUT2D eigenvalue weighted by atomic mass is 16.5. The van der Waals surface area contributed by atoms with Crippen LogP contribution in [-0.2, 0) is 11.3 Å². The third-order valence-corrected chi connectivity index (χ3v) is 4.93. The van der Waals surface area contributed by atoms with Crippen LogP contribution in [-0.4, -0.2) is 45.4 Å². The number of aryl methyl sites for hydroxylation is 1. The molecule has 4 aromatic rings. The Bertz CT molecular complexity index is 1310. The third kappa shape index (κ3) is 4.88. The number of hydrogen-bond donors (Lipinski definition) is 2. The summed E-state index contributed by atoms with van der Waals surface area (Å²) in [6, 6.07) is 12.7. The van der Waals surface area contributed by atoms with Gasteiger partial charge in [-0.05, 0) is 19.1 Å². The number of pyridine rings is 1. The molecule has 0 aliphatic carbocycles. The van der Waals surface area contributed by atoms with E-state index in [1.54, 1.807) is 36.1 Å². The molecule has 11 nitrogen and oxygen atoms in total. The molecule has 0 saturated carbocycles. The molecule has 0 saturated heterocycles. The first-order valence-corrected chi connectivity index (χ1v) is 10.3. The van der Waals surface area contributed by atoms with Gasteiger partial charge in [0.05, 0.1) is 25.7 Å². The number of hydrogen-bond acceptors (Lipinski definition) is 8. The standard InChI is InChI=1S/C23H22N6O5/c1-14-19(20(28-34-14)15-6-4-3-5-7-15)21(30)26-17-9-8-16(27-22(17)32-2)18-12-29(13-25-18)10-11-33-23(24)31/h3-9,12-13H,10-11H2,1-2H3,(H2,24,31)(H,26,30). The lowest BCUT2D eigenvalue weighted by atomic mass is 10.1. The largest absolute Gasteiger partial charge is 0.479 e. The number of carbonyl (C=O) groups is 2. The molecule has 0 bridgehead atoms. The number of imidazole rings is 1. The maximum Gasteiger partial charge on any atom is 0.404 e. The molecule has 3 heterocycles. The summed E-state index contributed by atoms with van der Waals surface area (Å²) < 4.78 is 17.1. The van der Waals surface area contributed by atoms with Crippen LogP contribution in [0.25, 0.3) is 22.6 Å². The smallest absolute Gasteiger partial charge is 0.404 e. The summed E-state index contributed by atoms with van der Waals surface area (Å²) in [6.07, 6.45) is 2.50. The van der Waals surface area contributed by atoms with Crippen molar-refractivity contribution in [2.45, 2.75) is 13.5 Å². The Kier molecular flexibility index (Phi) is 6.53. The fourth-order valence-electron chi connectivity index (χ4n) is 3.32. The molecule has 11 heteroatoms. The van der Waals surface area contributed by atoms with Crippen molar-refractivity contribution in [1.82, 2.24) is 19.7 Å². The molecule has 174 valence electrons. The van der Waals surface area contributed by atoms with Crippen LogP contribution in [0.5, 0.6) is 5.88 Å². The highest BCUT2D eigenvalue weighted by Gasteiger charge is 2.23. The summed E-state index contributed by atoms with van der Waals surface area (Å²) in [5, 5.41) is 6.88. The van der Waals surface area contributed by atoms with Gasteiger partial charge in [-0.25, -0.2) is 14.8 Å². The number of carbonyl (C=O) groups excluding carboxylic acids is 2. The van der Waals surface area contributed by atoms with Gasteiger partial charge < -0.3 is 29.6 Å². The predicted molar refractivity (Wildman–Crippen MR) is 122 cm³/mol. The SMILES string of the molecule is COc1nc(-c2cn(CCOC(N)=O)cn2)ccc1NC(=O)c1c(-c2ccccc2)noc1C. The lowest BCUT2D eigenvalue weighted by molar-refractivity contribution is 0.102. The molecule has 0 aliphatic heterocycles. The number of nitrogens with zero attached hydrogens (tertiary/aromatic N) is 4. The van der Waals surface area contributed by atoms with E-state index >= 15 is 0 Å². The van der Waals surface area contributed by atoms with Gasteiger partial charge >= 0.3 is 6.09 Å². The Balaban J connectivity index is 1.54. The van der Waals surface area contributed by atoms with E-state index in [1.165, 1.54) is 7.11 Å². The van der Waals surface area contributed by atoms with E-state index < -0.39 is 12.0 Å². The van der Waals surface area contributed by atoms with Gasteiger partial charge in [0.15, 0.2) is 0 Å². The molecule has 3 aromatic heterocycles. The fraction of sp³-hybridized carbons (Fsp3) is 0.174. The van der Waals surface area contributed by atoms with E-state index in [-0.39, 0.29) is 12.5 Å². The van der Waals surface area contributed by atoms with E-state index in [0.29, 0.717) is 40.6 Å². The number of amides is 2. The van der Waals surface area contributed by atoms with Crippen molar-refractivity contribution in [2.24, 2.45) is 5.73 Å². The maximum atomic E-state index is 13.1. The highest BCUT2D eigenvalue weighted by Crippen LogP contribution is 2.29. The highest BCUT2D eigenvalue weighted by molar-refractivity contribution is 6.09. The van der Waals surface area contributed by atoms with Crippen LogP contribution in [0.3, 0.4) is 0 Å². The van der Waals surface area contributed by atoms with Crippen molar-refractivity contribution in [1.29, 1.82) is 0 Å². The minimum atomic E-state index is -0.832. The van der Waals surface area contributed by atoms with Gasteiger partial charge in [-0.2, -0.15) is 0 Å². The van der Waals surface area contributed by atoms with Gasteiger partial charge in [-0.3, -0.25) is 4.79 Å². The average Bonchev–Trinajstić information content (AvgIpc) is 3.46. The van der Waals surface area contributed by atoms with Crippen molar-refractivity contribution in [3.63, 3.8) is 0 Å². The summed E-state index contributed by atoms with van der Waals surface area (Å²) >= 11 is 0. The Hall–Kier alpha value is -4.67. The summed E-state index contributed by atoms with van der Waals surface area (Å²) in [4.78, 5) is 32.6. The van der Waals surface area contributed by atoms with Gasteiger partial charge in [-0.15, -0.1) is 0 Å². The molecule has 0 radical (unpaired) electrons. The normalized spacial score (nSPS) is 10.6. The van der Waals surface area contributed by atoms with Crippen LogP contribution in [0.4, 0.5) is 10.5 Å². The summed E-state index contributed by atoms with van der Waals surface area (Å²) in [6.45, 7) is 2.20. The number of benzene rings is 1. The van der Waals surface area contributed by atoms with Crippen LogP contribution >= 0.6 is 0 Å². The number of ether oxygens (including phenoxy) is 2. The zero-order valence-electron chi connectivity index (χ0n) is 18.5. The summed E-state index contributed by atoms with van der Waals surface area (Å²) in [5.74, 6) is 0.211. The molecule has 1 aromatic carbocycles. The molecule has 2 amide bonds. The molecule has 0 unspecified atom stereocenters. The van der Waals surface area contributed by atoms with Crippen LogP contribution in [0.1, 0.15) is 16.1 Å². The topological polar surface area (TPSA) is 147 Å². The van der Waals surface area contributed by atoms with E-state index in [2.05, 4.69) is 20.4 Å². The molecular formula is C23H22N6O5. The number of anilines is 1. The average molecular weight is 462 g/mol. The van der Waals surface area contributed by atoms with Crippen molar-refractivity contribution >= 4 is 17.7 Å². The van der Waals surface area contributed by atoms with Crippen LogP contribution < -0.4 is 15.8 Å². The lowest BCUT2D eigenvalue weighted by Gasteiger charge is -2.10. The maximum absolute atomic E-state index is 13.1. The van der Waals surface area contributed by atoms with Gasteiger partial charge in [0.2, 0.25) is 5.88 Å². The minimum absolute atomic E-state index is 0.125. The van der Waals surface area contributed by atoms with E-state index in [4.69, 9.17) is 19.7 Å². The fourth-order valence-corrected chi connectivity index (χ4v) is 3.32. The van der Waals surface area contributed by atoms with E-state index in [1.807, 2.05) is 30.3 Å². The monoisotopic (exact) mass is 462 g/mol. The van der Waals surface area contributed by atoms with Gasteiger partial charge in [0.25, 0.3) is 5.91 Å². The van der Waals surface area contributed by atoms with Crippen molar-refractivity contribution < 1.29 is 23.6 Å². The molecule has 0 aliphatic rings. The second-order valence-electron chi connectivity index (χ2n) is 7.20. The Morgan fingerprint density at radius 2 is 1.94 bits per heavy atom. The number of aromatic nitrogens is 4. The number of nitrogens with one attached hydrogen (secondary N) is 1. The first-order chi connectivity index (χ1) is 16.5.